The van der Waals surface area contributed by atoms with Crippen molar-refractivity contribution in [2.24, 2.45) is 4.99 Å². The van der Waals surface area contributed by atoms with E-state index in [0.29, 0.717) is 6.04 Å². The van der Waals surface area contributed by atoms with Crippen molar-refractivity contribution in [2.45, 2.75) is 50.8 Å². The van der Waals surface area contributed by atoms with Gasteiger partial charge in [-0.25, -0.2) is 0 Å². The number of rotatable bonds is 4. The van der Waals surface area contributed by atoms with E-state index in [1.165, 1.54) is 25.7 Å². The van der Waals surface area contributed by atoms with Crippen molar-refractivity contribution in [2.75, 3.05) is 0 Å². The van der Waals surface area contributed by atoms with E-state index in [9.17, 15) is 0 Å². The van der Waals surface area contributed by atoms with E-state index >= 15 is 0 Å². The third-order valence-electron chi connectivity index (χ3n) is 2.18. The first-order valence-electron chi connectivity index (χ1n) is 4.55. The molecule has 11 heavy (non-hydrogen) atoms. The van der Waals surface area contributed by atoms with Gasteiger partial charge in [-0.15, -0.1) is 11.8 Å². The zero-order chi connectivity index (χ0) is 8.10. The molecule has 0 saturated carbocycles. The lowest BCUT2D eigenvalue weighted by molar-refractivity contribution is 0.574. The van der Waals surface area contributed by atoms with Gasteiger partial charge in [0.1, 0.15) is 0 Å². The zero-order valence-corrected chi connectivity index (χ0v) is 8.23. The second-order valence-corrected chi connectivity index (χ2v) is 4.14. The van der Waals surface area contributed by atoms with Gasteiger partial charge < -0.3 is 0 Å². The normalized spacial score (nSPS) is 29.6. The number of unbranched alkanes of at least 4 members (excludes halogenated alkanes) is 1. The summed E-state index contributed by atoms with van der Waals surface area (Å²) < 4.78 is 0. The van der Waals surface area contributed by atoms with Crippen molar-refractivity contribution in [3.63, 3.8) is 0 Å². The molecular weight excluding hydrogens is 154 g/mol. The number of thioether (sulfide) groups is 1. The van der Waals surface area contributed by atoms with Crippen molar-refractivity contribution in [1.29, 1.82) is 0 Å². The highest BCUT2D eigenvalue weighted by Crippen LogP contribution is 2.28. The Morgan fingerprint density at radius 2 is 2.27 bits per heavy atom. The van der Waals surface area contributed by atoms with Gasteiger partial charge in [0.05, 0.1) is 11.6 Å². The molecule has 1 rings (SSSR count). The molecule has 0 aromatic carbocycles. The van der Waals surface area contributed by atoms with Crippen LogP contribution in [0.3, 0.4) is 0 Å². The maximum atomic E-state index is 4.43. The predicted molar refractivity (Wildman–Crippen MR) is 53.5 cm³/mol. The van der Waals surface area contributed by atoms with E-state index in [1.54, 1.807) is 0 Å². The van der Waals surface area contributed by atoms with Gasteiger partial charge >= 0.3 is 0 Å². The molecule has 1 aliphatic heterocycles. The highest BCUT2D eigenvalue weighted by atomic mass is 32.2. The van der Waals surface area contributed by atoms with Gasteiger partial charge in [0.2, 0.25) is 0 Å². The Labute approximate surface area is 73.7 Å². The summed E-state index contributed by atoms with van der Waals surface area (Å²) in [5, 5.41) is 0.792. The SMILES string of the molecule is CCCCC1SC=N[C@H]1CC. The molecule has 2 heteroatoms. The third-order valence-corrected chi connectivity index (χ3v) is 3.32. The average molecular weight is 171 g/mol. The first-order chi connectivity index (χ1) is 5.38. The Hall–Kier alpha value is 0.0200. The molecule has 1 aliphatic rings. The summed E-state index contributed by atoms with van der Waals surface area (Å²) in [6.07, 6.45) is 5.22. The second kappa shape index (κ2) is 4.81. The van der Waals surface area contributed by atoms with Crippen LogP contribution in [0.1, 0.15) is 39.5 Å². The molecule has 0 spiro atoms. The number of nitrogens with zero attached hydrogens (tertiary/aromatic N) is 1. The van der Waals surface area contributed by atoms with Crippen molar-refractivity contribution < 1.29 is 0 Å². The highest BCUT2D eigenvalue weighted by molar-refractivity contribution is 8.12. The Kier molecular flexibility index (Phi) is 3.98. The van der Waals surface area contributed by atoms with Crippen LogP contribution in [0, 0.1) is 0 Å². The number of hydrogen-bond acceptors (Lipinski definition) is 2. The molecule has 1 heterocycles. The van der Waals surface area contributed by atoms with E-state index in [-0.39, 0.29) is 0 Å². The minimum absolute atomic E-state index is 0.617. The quantitative estimate of drug-likeness (QED) is 0.633. The van der Waals surface area contributed by atoms with Crippen LogP contribution in [0.15, 0.2) is 4.99 Å². The molecule has 0 N–H and O–H groups in total. The third kappa shape index (κ3) is 2.51. The van der Waals surface area contributed by atoms with Gasteiger partial charge in [0.15, 0.2) is 0 Å². The first-order valence-corrected chi connectivity index (χ1v) is 5.49. The molecule has 1 nitrogen and oxygen atoms in total. The van der Waals surface area contributed by atoms with Crippen LogP contribution in [-0.4, -0.2) is 16.8 Å². The lowest BCUT2D eigenvalue weighted by Crippen LogP contribution is -2.15. The standard InChI is InChI=1S/C9H17NS/c1-3-5-6-9-8(4-2)10-7-11-9/h7-9H,3-6H2,1-2H3/t8-,9?/m0/s1. The molecule has 1 unspecified atom stereocenters. The summed E-state index contributed by atoms with van der Waals surface area (Å²) in [7, 11) is 0. The summed E-state index contributed by atoms with van der Waals surface area (Å²) >= 11 is 1.92. The molecule has 0 amide bonds. The molecule has 0 aliphatic carbocycles. The molecule has 0 saturated heterocycles. The van der Waals surface area contributed by atoms with Gasteiger partial charge in [0, 0.05) is 5.25 Å². The maximum Gasteiger partial charge on any atom is 0.0625 e. The minimum Gasteiger partial charge on any atom is -0.282 e. The fraction of sp³-hybridized carbons (Fsp3) is 0.889. The van der Waals surface area contributed by atoms with E-state index in [0.717, 1.165) is 5.25 Å². The Balaban J connectivity index is 2.23. The molecule has 0 radical (unpaired) electrons. The van der Waals surface area contributed by atoms with Crippen LogP contribution >= 0.6 is 11.8 Å². The van der Waals surface area contributed by atoms with E-state index in [1.807, 2.05) is 17.3 Å². The van der Waals surface area contributed by atoms with Crippen molar-refractivity contribution in [1.82, 2.24) is 0 Å². The largest absolute Gasteiger partial charge is 0.282 e. The van der Waals surface area contributed by atoms with Crippen LogP contribution in [0.5, 0.6) is 0 Å². The van der Waals surface area contributed by atoms with Crippen LogP contribution in [-0.2, 0) is 0 Å². The molecule has 2 atom stereocenters. The van der Waals surface area contributed by atoms with Gasteiger partial charge in [-0.3, -0.25) is 4.99 Å². The van der Waals surface area contributed by atoms with Gasteiger partial charge in [0.25, 0.3) is 0 Å². The summed E-state index contributed by atoms with van der Waals surface area (Å²) in [5.74, 6) is 0. The maximum absolute atomic E-state index is 4.43. The van der Waals surface area contributed by atoms with E-state index in [4.69, 9.17) is 0 Å². The smallest absolute Gasteiger partial charge is 0.0625 e. The van der Waals surface area contributed by atoms with Gasteiger partial charge in [-0.05, 0) is 12.8 Å². The van der Waals surface area contributed by atoms with Crippen molar-refractivity contribution >= 4 is 17.3 Å². The van der Waals surface area contributed by atoms with Crippen LogP contribution in [0.4, 0.5) is 0 Å². The summed E-state index contributed by atoms with van der Waals surface area (Å²) in [6.45, 7) is 4.48. The summed E-state index contributed by atoms with van der Waals surface area (Å²) in [5.41, 5.74) is 2.04. The second-order valence-electron chi connectivity index (χ2n) is 3.05. The van der Waals surface area contributed by atoms with Crippen LogP contribution in [0.25, 0.3) is 0 Å². The van der Waals surface area contributed by atoms with Gasteiger partial charge in [-0.1, -0.05) is 26.7 Å². The molecular formula is C9H17NS. The summed E-state index contributed by atoms with van der Waals surface area (Å²) in [6, 6.07) is 0.617. The van der Waals surface area contributed by atoms with E-state index in [2.05, 4.69) is 18.8 Å². The van der Waals surface area contributed by atoms with Crippen molar-refractivity contribution in [3.8, 4) is 0 Å². The molecule has 64 valence electrons. The summed E-state index contributed by atoms with van der Waals surface area (Å²) in [4.78, 5) is 4.43. The number of hydrogen-bond donors (Lipinski definition) is 0. The fourth-order valence-corrected chi connectivity index (χ4v) is 2.54. The zero-order valence-electron chi connectivity index (χ0n) is 7.42. The highest BCUT2D eigenvalue weighted by Gasteiger charge is 2.22. The van der Waals surface area contributed by atoms with Crippen molar-refractivity contribution in [3.05, 3.63) is 0 Å². The molecule has 0 fully saturated rings. The van der Waals surface area contributed by atoms with Crippen LogP contribution in [0.2, 0.25) is 0 Å². The average Bonchev–Trinajstić information content (AvgIpc) is 2.47. The molecule has 0 aromatic rings. The lowest BCUT2D eigenvalue weighted by Gasteiger charge is -2.14. The Morgan fingerprint density at radius 1 is 1.45 bits per heavy atom. The van der Waals surface area contributed by atoms with Gasteiger partial charge in [-0.2, -0.15) is 0 Å². The molecule has 0 bridgehead atoms. The Bertz CT molecular complexity index is 134. The molecule has 0 aromatic heterocycles. The lowest BCUT2D eigenvalue weighted by atomic mass is 10.1. The first kappa shape index (κ1) is 9.11. The Morgan fingerprint density at radius 3 is 2.91 bits per heavy atom. The fourth-order valence-electron chi connectivity index (χ4n) is 1.41. The number of aliphatic imine (C=N–C) groups is 1. The van der Waals surface area contributed by atoms with E-state index < -0.39 is 0 Å². The monoisotopic (exact) mass is 171 g/mol. The minimum atomic E-state index is 0.617. The topological polar surface area (TPSA) is 12.4 Å². The predicted octanol–water partition coefficient (Wildman–Crippen LogP) is 3.10. The van der Waals surface area contributed by atoms with Crippen LogP contribution < -0.4 is 0 Å².